The number of nitrogens with two attached hydrogens (primary N) is 3. The van der Waals surface area contributed by atoms with Gasteiger partial charge >= 0.3 is 5.97 Å². The number of ether oxygens (including phenoxy) is 1. The van der Waals surface area contributed by atoms with Gasteiger partial charge < -0.3 is 43.0 Å². The number of fused-ring (bicyclic) bond motifs is 1. The minimum Gasteiger partial charge on any atom is -0.497 e. The van der Waals surface area contributed by atoms with Crippen LogP contribution < -0.4 is 37.9 Å². The molecule has 0 saturated heterocycles. The number of pyridine rings is 1. The Labute approximate surface area is 247 Å². The van der Waals surface area contributed by atoms with Crippen molar-refractivity contribution < 1.29 is 24.2 Å². The molecule has 232 valence electrons. The molecule has 2 aromatic rings. The van der Waals surface area contributed by atoms with Crippen LogP contribution in [-0.4, -0.2) is 72.2 Å². The molecule has 0 saturated carbocycles. The smallest absolute Gasteiger partial charge is 0.326 e. The number of amides is 2. The number of carbonyl (C=O) groups excluding carboxylic acids is 2. The van der Waals surface area contributed by atoms with Gasteiger partial charge in [0.05, 0.1) is 30.8 Å². The van der Waals surface area contributed by atoms with E-state index < -0.39 is 36.3 Å². The van der Waals surface area contributed by atoms with Gasteiger partial charge in [-0.15, -0.1) is 0 Å². The SMILES string of the molecule is COc1cc(NC(C)CCCNC(=O)C[C@@H](NC(=O)[C@@H](N)CCCN=C(N)N)C(=O)O)c2nc(C(C)(C)C)ccc2c1. The summed E-state index contributed by atoms with van der Waals surface area (Å²) in [6.07, 6.45) is 1.67. The van der Waals surface area contributed by atoms with E-state index >= 15 is 0 Å². The lowest BCUT2D eigenvalue weighted by molar-refractivity contribution is -0.143. The van der Waals surface area contributed by atoms with Crippen LogP contribution in [0.1, 0.15) is 65.5 Å². The van der Waals surface area contributed by atoms with E-state index in [4.69, 9.17) is 26.9 Å². The molecule has 42 heavy (non-hydrogen) atoms. The van der Waals surface area contributed by atoms with Crippen molar-refractivity contribution >= 4 is 40.3 Å². The number of hydrogen-bond acceptors (Lipinski definition) is 8. The minimum absolute atomic E-state index is 0.0526. The average Bonchev–Trinajstić information content (AvgIpc) is 2.91. The van der Waals surface area contributed by atoms with Crippen LogP contribution in [0.2, 0.25) is 0 Å². The van der Waals surface area contributed by atoms with Gasteiger partial charge in [0.15, 0.2) is 5.96 Å². The third-order valence-corrected chi connectivity index (χ3v) is 6.62. The first-order chi connectivity index (χ1) is 19.7. The van der Waals surface area contributed by atoms with Gasteiger partial charge in [0.2, 0.25) is 11.8 Å². The molecule has 0 radical (unpaired) electrons. The Kier molecular flexibility index (Phi) is 12.8. The number of nitrogens with one attached hydrogen (secondary N) is 3. The summed E-state index contributed by atoms with van der Waals surface area (Å²) in [4.78, 5) is 45.1. The van der Waals surface area contributed by atoms with Gasteiger partial charge in [-0.25, -0.2) is 4.79 Å². The third-order valence-electron chi connectivity index (χ3n) is 6.62. The molecule has 3 atom stereocenters. The molecule has 1 heterocycles. The minimum atomic E-state index is -1.39. The van der Waals surface area contributed by atoms with Crippen LogP contribution in [0.4, 0.5) is 5.69 Å². The van der Waals surface area contributed by atoms with Gasteiger partial charge in [-0.05, 0) is 44.7 Å². The number of rotatable bonds is 16. The van der Waals surface area contributed by atoms with Crippen LogP contribution in [0, 0.1) is 0 Å². The highest BCUT2D eigenvalue weighted by atomic mass is 16.5. The first kappa shape index (κ1) is 34.1. The van der Waals surface area contributed by atoms with Crippen LogP contribution in [0.3, 0.4) is 0 Å². The summed E-state index contributed by atoms with van der Waals surface area (Å²) >= 11 is 0. The average molecular weight is 587 g/mol. The summed E-state index contributed by atoms with van der Waals surface area (Å²) in [7, 11) is 1.62. The highest BCUT2D eigenvalue weighted by Gasteiger charge is 2.25. The molecule has 0 fully saturated rings. The van der Waals surface area contributed by atoms with Crippen LogP contribution in [0.15, 0.2) is 29.3 Å². The lowest BCUT2D eigenvalue weighted by Gasteiger charge is -2.21. The van der Waals surface area contributed by atoms with Crippen molar-refractivity contribution in [2.24, 2.45) is 22.2 Å². The topological polar surface area (TPSA) is 220 Å². The monoisotopic (exact) mass is 586 g/mol. The van der Waals surface area contributed by atoms with Gasteiger partial charge in [0.25, 0.3) is 0 Å². The third kappa shape index (κ3) is 11.0. The van der Waals surface area contributed by atoms with Gasteiger partial charge in [-0.1, -0.05) is 26.8 Å². The number of aliphatic imine (C=N–C) groups is 1. The summed E-state index contributed by atoms with van der Waals surface area (Å²) in [6.45, 7) is 9.05. The largest absolute Gasteiger partial charge is 0.497 e. The number of carboxylic acids is 1. The number of nitrogens with zero attached hydrogens (tertiary/aromatic N) is 2. The van der Waals surface area contributed by atoms with Crippen molar-refractivity contribution in [2.45, 2.75) is 83.3 Å². The van der Waals surface area contributed by atoms with Crippen LogP contribution in [0.5, 0.6) is 5.75 Å². The Morgan fingerprint density at radius 3 is 2.45 bits per heavy atom. The van der Waals surface area contributed by atoms with Crippen molar-refractivity contribution in [3.05, 3.63) is 30.0 Å². The number of hydrogen-bond donors (Lipinski definition) is 7. The normalized spacial score (nSPS) is 13.5. The molecule has 0 bridgehead atoms. The zero-order valence-corrected chi connectivity index (χ0v) is 25.2. The first-order valence-electron chi connectivity index (χ1n) is 14.1. The maximum absolute atomic E-state index is 12.4. The van der Waals surface area contributed by atoms with Crippen LogP contribution >= 0.6 is 0 Å². The summed E-state index contributed by atoms with van der Waals surface area (Å²) < 4.78 is 5.48. The van der Waals surface area contributed by atoms with Crippen molar-refractivity contribution in [1.29, 1.82) is 0 Å². The molecule has 0 aliphatic rings. The second kappa shape index (κ2) is 15.8. The number of carboxylic acid groups (broad SMARTS) is 1. The molecule has 2 rings (SSSR count). The fourth-order valence-corrected chi connectivity index (χ4v) is 4.21. The molecule has 10 N–H and O–H groups in total. The van der Waals surface area contributed by atoms with Gasteiger partial charge in [0.1, 0.15) is 11.8 Å². The molecular weight excluding hydrogens is 540 g/mol. The van der Waals surface area contributed by atoms with E-state index in [1.165, 1.54) is 0 Å². The van der Waals surface area contributed by atoms with Gasteiger partial charge in [-0.3, -0.25) is 19.6 Å². The summed E-state index contributed by atoms with van der Waals surface area (Å²) in [5.74, 6) is -1.80. The summed E-state index contributed by atoms with van der Waals surface area (Å²) in [5, 5.41) is 19.0. The molecule has 1 unspecified atom stereocenters. The van der Waals surface area contributed by atoms with E-state index in [9.17, 15) is 19.5 Å². The van der Waals surface area contributed by atoms with E-state index in [1.807, 2.05) is 31.2 Å². The fourth-order valence-electron chi connectivity index (χ4n) is 4.21. The molecule has 0 spiro atoms. The number of guanidine groups is 1. The zero-order chi connectivity index (χ0) is 31.4. The molecular formula is C29H46N8O5. The standard InChI is InChI=1S/C29H46N8O5/c1-17(35-21-15-19(42-5)14-18-10-11-23(29(2,3)4)37-25(18)21)8-6-12-33-24(38)16-22(27(40)41)36-26(39)20(30)9-7-13-34-28(31)32/h10-11,14-15,17,20,22,35H,6-9,12-13,16,30H2,1-5H3,(H,33,38)(H,36,39)(H,40,41)(H4,31,32,34)/t17?,20-,22+/m0/s1. The molecule has 13 nitrogen and oxygen atoms in total. The van der Waals surface area contributed by atoms with Gasteiger partial charge in [-0.2, -0.15) is 0 Å². The van der Waals surface area contributed by atoms with Crippen molar-refractivity contribution in [1.82, 2.24) is 15.6 Å². The predicted octanol–water partition coefficient (Wildman–Crippen LogP) is 1.58. The fraction of sp³-hybridized carbons (Fsp3) is 0.552. The van der Waals surface area contributed by atoms with Gasteiger partial charge in [0, 0.05) is 41.7 Å². The van der Waals surface area contributed by atoms with E-state index in [0.29, 0.717) is 25.9 Å². The molecule has 13 heteroatoms. The Hall–Kier alpha value is -4.13. The number of carbonyl (C=O) groups is 3. The molecule has 1 aromatic heterocycles. The number of methoxy groups -OCH3 is 1. The first-order valence-corrected chi connectivity index (χ1v) is 14.1. The number of aromatic nitrogens is 1. The quantitative estimate of drug-likeness (QED) is 0.0855. The second-order valence-electron chi connectivity index (χ2n) is 11.4. The summed E-state index contributed by atoms with van der Waals surface area (Å²) in [6, 6.07) is 5.67. The Morgan fingerprint density at radius 1 is 1.12 bits per heavy atom. The second-order valence-corrected chi connectivity index (χ2v) is 11.4. The molecule has 1 aromatic carbocycles. The highest BCUT2D eigenvalue weighted by molar-refractivity contribution is 5.92. The van der Waals surface area contributed by atoms with Crippen molar-refractivity contribution in [3.63, 3.8) is 0 Å². The van der Waals surface area contributed by atoms with E-state index in [2.05, 4.69) is 41.7 Å². The Bertz CT molecular complexity index is 1260. The van der Waals surface area contributed by atoms with E-state index in [-0.39, 0.29) is 23.8 Å². The maximum Gasteiger partial charge on any atom is 0.326 e. The highest BCUT2D eigenvalue weighted by Crippen LogP contribution is 2.31. The number of anilines is 1. The van der Waals surface area contributed by atoms with E-state index in [1.54, 1.807) is 7.11 Å². The Balaban J connectivity index is 1.87. The number of benzene rings is 1. The Morgan fingerprint density at radius 2 is 1.83 bits per heavy atom. The molecule has 2 amide bonds. The molecule has 0 aliphatic heterocycles. The maximum atomic E-state index is 12.4. The van der Waals surface area contributed by atoms with Crippen LogP contribution in [0.25, 0.3) is 10.9 Å². The lowest BCUT2D eigenvalue weighted by Crippen LogP contribution is -2.50. The van der Waals surface area contributed by atoms with Crippen molar-refractivity contribution in [3.8, 4) is 5.75 Å². The zero-order valence-electron chi connectivity index (χ0n) is 25.2. The van der Waals surface area contributed by atoms with Crippen molar-refractivity contribution in [2.75, 3.05) is 25.5 Å². The predicted molar refractivity (Wildman–Crippen MR) is 164 cm³/mol. The van der Waals surface area contributed by atoms with E-state index in [0.717, 1.165) is 34.5 Å². The molecule has 0 aliphatic carbocycles. The lowest BCUT2D eigenvalue weighted by atomic mass is 9.91. The number of aliphatic carboxylic acids is 1. The summed E-state index contributed by atoms with van der Waals surface area (Å²) in [5.41, 5.74) is 19.0. The van der Waals surface area contributed by atoms with Crippen LogP contribution in [-0.2, 0) is 19.8 Å².